The van der Waals surface area contributed by atoms with Gasteiger partial charge in [0.2, 0.25) is 6.04 Å². The van der Waals surface area contributed by atoms with Gasteiger partial charge in [0.15, 0.2) is 5.78 Å². The van der Waals surface area contributed by atoms with Crippen molar-refractivity contribution in [2.24, 2.45) is 10.2 Å². The lowest BCUT2D eigenvalue weighted by molar-refractivity contribution is -0.126. The Balaban J connectivity index is 1.66. The van der Waals surface area contributed by atoms with Crippen molar-refractivity contribution in [1.29, 1.82) is 0 Å². The zero-order valence-corrected chi connectivity index (χ0v) is 15.2. The first-order valence-corrected chi connectivity index (χ1v) is 8.83. The van der Waals surface area contributed by atoms with Crippen molar-refractivity contribution in [1.82, 2.24) is 0 Å². The molecule has 1 fully saturated rings. The number of hydrogen-bond donors (Lipinski definition) is 1. The Labute approximate surface area is 158 Å². The van der Waals surface area contributed by atoms with Gasteiger partial charge in [0.05, 0.1) is 18.9 Å². The van der Waals surface area contributed by atoms with Gasteiger partial charge in [-0.25, -0.2) is 0 Å². The van der Waals surface area contributed by atoms with Crippen LogP contribution in [0, 0.1) is 0 Å². The number of amides is 1. The molecule has 2 aromatic carbocycles. The van der Waals surface area contributed by atoms with Crippen LogP contribution in [-0.4, -0.2) is 44.0 Å². The third-order valence-corrected chi connectivity index (χ3v) is 4.19. The van der Waals surface area contributed by atoms with E-state index in [0.717, 1.165) is 32.0 Å². The number of carbonyl (C=O) groups is 2. The molecule has 1 aliphatic heterocycles. The number of ketones is 1. The first-order chi connectivity index (χ1) is 13.1. The largest absolute Gasteiger partial charge is 0.378 e. The Hall–Kier alpha value is -3.06. The van der Waals surface area contributed by atoms with Gasteiger partial charge >= 0.3 is 0 Å². The number of nitrogens with zero attached hydrogens (tertiary/aromatic N) is 3. The van der Waals surface area contributed by atoms with Crippen LogP contribution in [-0.2, 0) is 14.3 Å². The smallest absolute Gasteiger partial charge is 0.258 e. The van der Waals surface area contributed by atoms with E-state index in [1.165, 1.54) is 6.92 Å². The Morgan fingerprint density at radius 3 is 2.33 bits per heavy atom. The van der Waals surface area contributed by atoms with Crippen LogP contribution in [0.1, 0.15) is 6.92 Å². The van der Waals surface area contributed by atoms with Crippen LogP contribution in [0.3, 0.4) is 0 Å². The Bertz CT molecular complexity index is 800. The third-order valence-electron chi connectivity index (χ3n) is 4.19. The van der Waals surface area contributed by atoms with Gasteiger partial charge in [-0.1, -0.05) is 18.2 Å². The molecule has 1 heterocycles. The molecule has 1 amide bonds. The molecule has 27 heavy (non-hydrogen) atoms. The number of morpholine rings is 1. The van der Waals surface area contributed by atoms with Crippen molar-refractivity contribution in [3.05, 3.63) is 54.6 Å². The van der Waals surface area contributed by atoms with Crippen LogP contribution in [0.2, 0.25) is 0 Å². The first-order valence-electron chi connectivity index (χ1n) is 8.83. The molecule has 1 unspecified atom stereocenters. The fourth-order valence-corrected chi connectivity index (χ4v) is 2.73. The molecule has 1 aliphatic rings. The molecule has 1 atom stereocenters. The van der Waals surface area contributed by atoms with Crippen LogP contribution >= 0.6 is 0 Å². The van der Waals surface area contributed by atoms with Gasteiger partial charge in [0.1, 0.15) is 0 Å². The number of ether oxygens (including phenoxy) is 1. The number of hydrogen-bond acceptors (Lipinski definition) is 6. The number of azo groups is 1. The van der Waals surface area contributed by atoms with E-state index in [0.29, 0.717) is 11.4 Å². The number of para-hydroxylation sites is 1. The quantitative estimate of drug-likeness (QED) is 0.629. The molecule has 2 aromatic rings. The highest BCUT2D eigenvalue weighted by molar-refractivity contribution is 6.10. The molecule has 0 saturated carbocycles. The maximum absolute atomic E-state index is 12.3. The third kappa shape index (κ3) is 5.21. The lowest BCUT2D eigenvalue weighted by atomic mass is 10.2. The van der Waals surface area contributed by atoms with Crippen molar-refractivity contribution >= 4 is 28.8 Å². The molecule has 1 saturated heterocycles. The average molecular weight is 366 g/mol. The zero-order valence-electron chi connectivity index (χ0n) is 15.2. The summed E-state index contributed by atoms with van der Waals surface area (Å²) in [6.07, 6.45) is 0. The maximum Gasteiger partial charge on any atom is 0.258 e. The maximum atomic E-state index is 12.3. The van der Waals surface area contributed by atoms with Gasteiger partial charge in [-0.3, -0.25) is 9.59 Å². The van der Waals surface area contributed by atoms with E-state index in [2.05, 4.69) is 20.4 Å². The summed E-state index contributed by atoms with van der Waals surface area (Å²) >= 11 is 0. The van der Waals surface area contributed by atoms with Crippen molar-refractivity contribution < 1.29 is 14.3 Å². The standard InChI is InChI=1S/C20H22N4O3/c1-15(25)19(20(26)21-16-5-3-2-4-6-16)23-22-17-7-9-18(10-8-17)24-11-13-27-14-12-24/h2-10,19H,11-14H2,1H3,(H,21,26). The van der Waals surface area contributed by atoms with E-state index in [9.17, 15) is 9.59 Å². The summed E-state index contributed by atoms with van der Waals surface area (Å²) in [4.78, 5) is 26.4. The predicted molar refractivity (Wildman–Crippen MR) is 104 cm³/mol. The Morgan fingerprint density at radius 1 is 1.04 bits per heavy atom. The van der Waals surface area contributed by atoms with Crippen LogP contribution < -0.4 is 10.2 Å². The topological polar surface area (TPSA) is 83.4 Å². The van der Waals surface area contributed by atoms with Crippen molar-refractivity contribution in [3.8, 4) is 0 Å². The van der Waals surface area contributed by atoms with Gasteiger partial charge in [-0.2, -0.15) is 10.2 Å². The minimum atomic E-state index is -1.18. The van der Waals surface area contributed by atoms with Crippen LogP contribution in [0.5, 0.6) is 0 Å². The van der Waals surface area contributed by atoms with Gasteiger partial charge < -0.3 is 15.0 Å². The number of carbonyl (C=O) groups excluding carboxylic acids is 2. The molecule has 7 nitrogen and oxygen atoms in total. The van der Waals surface area contributed by atoms with E-state index in [4.69, 9.17) is 4.74 Å². The molecule has 0 spiro atoms. The summed E-state index contributed by atoms with van der Waals surface area (Å²) in [5.74, 6) is -0.862. The lowest BCUT2D eigenvalue weighted by Gasteiger charge is -2.28. The molecule has 1 N–H and O–H groups in total. The highest BCUT2D eigenvalue weighted by Crippen LogP contribution is 2.21. The van der Waals surface area contributed by atoms with Crippen molar-refractivity contribution in [2.75, 3.05) is 36.5 Å². The van der Waals surface area contributed by atoms with Crippen molar-refractivity contribution in [2.45, 2.75) is 13.0 Å². The molecule has 0 aliphatic carbocycles. The van der Waals surface area contributed by atoms with Gasteiger partial charge in [0.25, 0.3) is 5.91 Å². The van der Waals surface area contributed by atoms with E-state index < -0.39 is 11.9 Å². The molecular weight excluding hydrogens is 344 g/mol. The number of anilines is 2. The number of rotatable bonds is 6. The van der Waals surface area contributed by atoms with E-state index in [-0.39, 0.29) is 5.78 Å². The SMILES string of the molecule is CC(=O)C(N=Nc1ccc(N2CCOCC2)cc1)C(=O)Nc1ccccc1. The minimum Gasteiger partial charge on any atom is -0.378 e. The summed E-state index contributed by atoms with van der Waals surface area (Å²) < 4.78 is 5.35. The second-order valence-corrected chi connectivity index (χ2v) is 6.20. The average Bonchev–Trinajstić information content (AvgIpc) is 2.70. The number of Topliss-reactive ketones (excluding diaryl/α,β-unsaturated/α-hetero) is 1. The monoisotopic (exact) mass is 366 g/mol. The zero-order chi connectivity index (χ0) is 19.1. The minimum absolute atomic E-state index is 0.364. The first kappa shape index (κ1) is 18.7. The Morgan fingerprint density at radius 2 is 1.70 bits per heavy atom. The van der Waals surface area contributed by atoms with Crippen LogP contribution in [0.15, 0.2) is 64.8 Å². The second kappa shape index (κ2) is 9.05. The van der Waals surface area contributed by atoms with E-state index in [1.54, 1.807) is 24.3 Å². The molecule has 0 radical (unpaired) electrons. The highest BCUT2D eigenvalue weighted by atomic mass is 16.5. The fourth-order valence-electron chi connectivity index (χ4n) is 2.73. The van der Waals surface area contributed by atoms with Crippen molar-refractivity contribution in [3.63, 3.8) is 0 Å². The highest BCUT2D eigenvalue weighted by Gasteiger charge is 2.23. The van der Waals surface area contributed by atoms with Gasteiger partial charge in [0, 0.05) is 24.5 Å². The summed E-state index contributed by atoms with van der Waals surface area (Å²) in [6.45, 7) is 4.48. The lowest BCUT2D eigenvalue weighted by Crippen LogP contribution is -2.36. The van der Waals surface area contributed by atoms with E-state index >= 15 is 0 Å². The molecule has 0 aromatic heterocycles. The van der Waals surface area contributed by atoms with Crippen LogP contribution in [0.4, 0.5) is 17.1 Å². The number of nitrogens with one attached hydrogen (secondary N) is 1. The Kier molecular flexibility index (Phi) is 6.27. The van der Waals surface area contributed by atoms with Crippen LogP contribution in [0.25, 0.3) is 0 Å². The molecule has 7 heteroatoms. The summed E-state index contributed by atoms with van der Waals surface area (Å²) in [7, 11) is 0. The predicted octanol–water partition coefficient (Wildman–Crippen LogP) is 3.20. The van der Waals surface area contributed by atoms with E-state index in [1.807, 2.05) is 30.3 Å². The molecular formula is C20H22N4O3. The normalized spacial score (nSPS) is 15.5. The fraction of sp³-hybridized carbons (Fsp3) is 0.300. The summed E-state index contributed by atoms with van der Waals surface area (Å²) in [5.41, 5.74) is 2.28. The molecule has 140 valence electrons. The number of benzene rings is 2. The summed E-state index contributed by atoms with van der Waals surface area (Å²) in [5, 5.41) is 10.7. The van der Waals surface area contributed by atoms with Gasteiger partial charge in [-0.05, 0) is 43.3 Å². The molecule has 0 bridgehead atoms. The second-order valence-electron chi connectivity index (χ2n) is 6.20. The molecule has 3 rings (SSSR count). The van der Waals surface area contributed by atoms with Gasteiger partial charge in [-0.15, -0.1) is 0 Å². The summed E-state index contributed by atoms with van der Waals surface area (Å²) in [6, 6.07) is 15.3.